The Labute approximate surface area is 120 Å². The van der Waals surface area contributed by atoms with Crippen molar-refractivity contribution in [1.29, 1.82) is 0 Å². The molecule has 2 aromatic rings. The van der Waals surface area contributed by atoms with Crippen molar-refractivity contribution < 1.29 is 4.74 Å². The third-order valence-electron chi connectivity index (χ3n) is 3.13. The molecule has 0 aliphatic carbocycles. The number of aliphatic imine (C=N–C) groups is 1. The summed E-state index contributed by atoms with van der Waals surface area (Å²) in [5.41, 5.74) is 2.28. The molecule has 0 saturated carbocycles. The van der Waals surface area contributed by atoms with Gasteiger partial charge in [0.1, 0.15) is 12.4 Å². The lowest BCUT2D eigenvalue weighted by atomic mass is 10.2. The van der Waals surface area contributed by atoms with E-state index in [1.54, 1.807) is 7.05 Å². The van der Waals surface area contributed by atoms with Crippen molar-refractivity contribution in [2.45, 2.75) is 6.61 Å². The lowest BCUT2D eigenvalue weighted by molar-refractivity contribution is 0.157. The third kappa shape index (κ3) is 3.93. The van der Waals surface area contributed by atoms with Gasteiger partial charge in [0.2, 0.25) is 0 Å². The fraction of sp³-hybridized carbons (Fsp3) is 0.235. The van der Waals surface area contributed by atoms with Crippen LogP contribution in [0, 0.1) is 0 Å². The summed E-state index contributed by atoms with van der Waals surface area (Å²) < 4.78 is 5.74. The number of para-hydroxylation sites is 1. The van der Waals surface area contributed by atoms with Crippen LogP contribution < -0.4 is 4.90 Å². The van der Waals surface area contributed by atoms with E-state index in [1.807, 2.05) is 48.3 Å². The number of rotatable bonds is 5. The van der Waals surface area contributed by atoms with Gasteiger partial charge in [-0.05, 0) is 17.7 Å². The topological polar surface area (TPSA) is 24.8 Å². The monoisotopic (exact) mass is 268 g/mol. The number of ether oxygens (including phenoxy) is 1. The molecule has 3 nitrogen and oxygen atoms in total. The molecule has 0 heterocycles. The molecule has 0 spiro atoms. The molecule has 0 bridgehead atoms. The molecule has 0 fully saturated rings. The van der Waals surface area contributed by atoms with Gasteiger partial charge in [-0.3, -0.25) is 4.99 Å². The fourth-order valence-corrected chi connectivity index (χ4v) is 1.95. The van der Waals surface area contributed by atoms with Crippen LogP contribution in [-0.2, 0) is 11.3 Å². The van der Waals surface area contributed by atoms with Gasteiger partial charge in [-0.25, -0.2) is 0 Å². The molecule has 2 aromatic carbocycles. The molecule has 104 valence electrons. The van der Waals surface area contributed by atoms with Crippen molar-refractivity contribution in [1.82, 2.24) is 0 Å². The number of nitrogens with zero attached hydrogens (tertiary/aromatic N) is 2. The van der Waals surface area contributed by atoms with Gasteiger partial charge in [-0.2, -0.15) is 0 Å². The minimum Gasteiger partial charge on any atom is -0.369 e. The van der Waals surface area contributed by atoms with E-state index in [4.69, 9.17) is 4.74 Å². The van der Waals surface area contributed by atoms with Crippen molar-refractivity contribution >= 4 is 11.5 Å². The highest BCUT2D eigenvalue weighted by molar-refractivity contribution is 5.98. The second-order valence-electron chi connectivity index (χ2n) is 4.51. The molecule has 0 N–H and O–H groups in total. The van der Waals surface area contributed by atoms with Gasteiger partial charge >= 0.3 is 0 Å². The lowest BCUT2D eigenvalue weighted by Crippen LogP contribution is -2.30. The Morgan fingerprint density at radius 1 is 1.00 bits per heavy atom. The van der Waals surface area contributed by atoms with E-state index in [0.717, 1.165) is 11.5 Å². The van der Waals surface area contributed by atoms with Gasteiger partial charge < -0.3 is 9.64 Å². The van der Waals surface area contributed by atoms with Gasteiger partial charge in [0.25, 0.3) is 0 Å². The van der Waals surface area contributed by atoms with Gasteiger partial charge in [0.15, 0.2) is 0 Å². The number of hydrogen-bond donors (Lipinski definition) is 0. The van der Waals surface area contributed by atoms with Crippen LogP contribution >= 0.6 is 0 Å². The maximum Gasteiger partial charge on any atom is 0.129 e. The third-order valence-corrected chi connectivity index (χ3v) is 3.13. The summed E-state index contributed by atoms with van der Waals surface area (Å²) in [5.74, 6) is 0.909. The van der Waals surface area contributed by atoms with E-state index in [9.17, 15) is 0 Å². The normalized spacial score (nSPS) is 11.4. The molecule has 20 heavy (non-hydrogen) atoms. The van der Waals surface area contributed by atoms with E-state index < -0.39 is 0 Å². The summed E-state index contributed by atoms with van der Waals surface area (Å²) >= 11 is 0. The van der Waals surface area contributed by atoms with Crippen LogP contribution in [0.1, 0.15) is 5.56 Å². The Balaban J connectivity index is 1.90. The molecular weight excluding hydrogens is 248 g/mol. The van der Waals surface area contributed by atoms with Crippen LogP contribution in [0.15, 0.2) is 65.7 Å². The molecule has 0 unspecified atom stereocenters. The smallest absolute Gasteiger partial charge is 0.129 e. The highest BCUT2D eigenvalue weighted by Crippen LogP contribution is 2.12. The first-order chi connectivity index (χ1) is 9.81. The second-order valence-corrected chi connectivity index (χ2v) is 4.51. The van der Waals surface area contributed by atoms with Crippen molar-refractivity contribution in [3.63, 3.8) is 0 Å². The Morgan fingerprint density at radius 2 is 1.60 bits per heavy atom. The standard InChI is InChI=1S/C17H20N2O/c1-18-17(19(2)16-11-7-4-8-12-16)14-20-13-15-9-5-3-6-10-15/h3-12H,13-14H2,1-2H3. The van der Waals surface area contributed by atoms with E-state index in [-0.39, 0.29) is 0 Å². The van der Waals surface area contributed by atoms with Crippen molar-refractivity contribution in [3.05, 3.63) is 66.2 Å². The maximum atomic E-state index is 5.74. The Hall–Kier alpha value is -2.13. The predicted molar refractivity (Wildman–Crippen MR) is 84.3 cm³/mol. The fourth-order valence-electron chi connectivity index (χ4n) is 1.95. The van der Waals surface area contributed by atoms with Gasteiger partial charge in [-0.1, -0.05) is 48.5 Å². The molecule has 0 aliphatic rings. The number of amidine groups is 1. The Bertz CT molecular complexity index is 537. The summed E-state index contributed by atoms with van der Waals surface area (Å²) in [6.45, 7) is 1.10. The highest BCUT2D eigenvalue weighted by Gasteiger charge is 2.07. The van der Waals surface area contributed by atoms with Crippen molar-refractivity contribution in [2.75, 3.05) is 25.6 Å². The summed E-state index contributed by atoms with van der Waals surface area (Å²) in [6.07, 6.45) is 0. The molecule has 0 radical (unpaired) electrons. The van der Waals surface area contributed by atoms with Crippen molar-refractivity contribution in [2.24, 2.45) is 4.99 Å². The van der Waals surface area contributed by atoms with E-state index >= 15 is 0 Å². The number of hydrogen-bond acceptors (Lipinski definition) is 2. The highest BCUT2D eigenvalue weighted by atomic mass is 16.5. The molecule has 0 saturated heterocycles. The summed E-state index contributed by atoms with van der Waals surface area (Å²) in [6, 6.07) is 20.3. The molecular formula is C17H20N2O. The zero-order valence-electron chi connectivity index (χ0n) is 12.0. The van der Waals surface area contributed by atoms with Gasteiger partial charge in [0.05, 0.1) is 6.61 Å². The number of anilines is 1. The molecule has 0 aromatic heterocycles. The zero-order chi connectivity index (χ0) is 14.2. The number of likely N-dealkylation sites (N-methyl/N-ethyl adjacent to an activating group) is 1. The lowest BCUT2D eigenvalue weighted by Gasteiger charge is -2.21. The second kappa shape index (κ2) is 7.46. The largest absolute Gasteiger partial charge is 0.369 e. The summed E-state index contributed by atoms with van der Waals surface area (Å²) in [7, 11) is 3.80. The quantitative estimate of drug-likeness (QED) is 0.613. The average Bonchev–Trinajstić information content (AvgIpc) is 2.53. The van der Waals surface area contributed by atoms with Crippen LogP contribution in [0.2, 0.25) is 0 Å². The first kappa shape index (κ1) is 14.3. The summed E-state index contributed by atoms with van der Waals surface area (Å²) in [4.78, 5) is 6.36. The first-order valence-electron chi connectivity index (χ1n) is 6.67. The molecule has 0 atom stereocenters. The minimum atomic E-state index is 0.497. The Morgan fingerprint density at radius 3 is 2.20 bits per heavy atom. The minimum absolute atomic E-state index is 0.497. The summed E-state index contributed by atoms with van der Waals surface area (Å²) in [5, 5.41) is 0. The van der Waals surface area contributed by atoms with Gasteiger partial charge in [-0.15, -0.1) is 0 Å². The van der Waals surface area contributed by atoms with Crippen molar-refractivity contribution in [3.8, 4) is 0 Å². The molecule has 2 rings (SSSR count). The predicted octanol–water partition coefficient (Wildman–Crippen LogP) is 3.37. The molecule has 0 aliphatic heterocycles. The molecule has 3 heteroatoms. The first-order valence-corrected chi connectivity index (χ1v) is 6.67. The van der Waals surface area contributed by atoms with E-state index in [2.05, 4.69) is 29.3 Å². The van der Waals surface area contributed by atoms with Gasteiger partial charge in [0, 0.05) is 19.8 Å². The maximum absolute atomic E-state index is 5.74. The van der Waals surface area contributed by atoms with Crippen LogP contribution in [0.4, 0.5) is 5.69 Å². The number of benzene rings is 2. The van der Waals surface area contributed by atoms with Crippen LogP contribution in [-0.4, -0.2) is 26.5 Å². The Kier molecular flexibility index (Phi) is 5.33. The van der Waals surface area contributed by atoms with Crippen LogP contribution in [0.25, 0.3) is 0 Å². The zero-order valence-corrected chi connectivity index (χ0v) is 12.0. The van der Waals surface area contributed by atoms with Crippen LogP contribution in [0.5, 0.6) is 0 Å². The van der Waals surface area contributed by atoms with Crippen LogP contribution in [0.3, 0.4) is 0 Å². The molecule has 0 amide bonds. The SMILES string of the molecule is CN=C(COCc1ccccc1)N(C)c1ccccc1. The van der Waals surface area contributed by atoms with E-state index in [0.29, 0.717) is 13.2 Å². The van der Waals surface area contributed by atoms with E-state index in [1.165, 1.54) is 5.56 Å². The average molecular weight is 268 g/mol.